The van der Waals surface area contributed by atoms with E-state index in [0.717, 1.165) is 38.8 Å². The van der Waals surface area contributed by atoms with Gasteiger partial charge in [0.15, 0.2) is 0 Å². The van der Waals surface area contributed by atoms with E-state index in [2.05, 4.69) is 22.7 Å². The third-order valence-corrected chi connectivity index (χ3v) is 4.19. The molecule has 4 nitrogen and oxygen atoms in total. The Labute approximate surface area is 152 Å². The Kier molecular flexibility index (Phi) is 4.48. The van der Waals surface area contributed by atoms with Crippen LogP contribution in [0, 0.1) is 0 Å². The van der Waals surface area contributed by atoms with Gasteiger partial charge in [-0.25, -0.2) is 4.98 Å². The number of para-hydroxylation sites is 3. The summed E-state index contributed by atoms with van der Waals surface area (Å²) in [5.41, 5.74) is 7.00. The number of hydrogen-bond donors (Lipinski definition) is 1. The second-order valence-electron chi connectivity index (χ2n) is 5.86. The number of rotatable bonds is 5. The zero-order chi connectivity index (χ0) is 17.8. The fraction of sp³-hybridized carbons (Fsp3) is 0.0909. The molecule has 0 radical (unpaired) electrons. The van der Waals surface area contributed by atoms with E-state index in [4.69, 9.17) is 9.72 Å². The summed E-state index contributed by atoms with van der Waals surface area (Å²) in [5, 5.41) is 6.56. The van der Waals surface area contributed by atoms with Gasteiger partial charge in [-0.15, -0.1) is 0 Å². The molecular formula is C22H19N3O. The second kappa shape index (κ2) is 7.23. The number of benzene rings is 3. The van der Waals surface area contributed by atoms with Crippen LogP contribution in [-0.4, -0.2) is 17.8 Å². The first-order valence-corrected chi connectivity index (χ1v) is 8.65. The van der Waals surface area contributed by atoms with Gasteiger partial charge in [-0.1, -0.05) is 48.5 Å². The molecule has 0 aliphatic heterocycles. The molecule has 0 bridgehead atoms. The summed E-state index contributed by atoms with van der Waals surface area (Å²) < 4.78 is 5.65. The van der Waals surface area contributed by atoms with Crippen LogP contribution in [-0.2, 0) is 0 Å². The van der Waals surface area contributed by atoms with E-state index in [1.54, 1.807) is 6.21 Å². The number of anilines is 1. The van der Waals surface area contributed by atoms with Gasteiger partial charge in [0.1, 0.15) is 5.75 Å². The van der Waals surface area contributed by atoms with Crippen LogP contribution < -0.4 is 10.2 Å². The number of nitrogens with zero attached hydrogens (tertiary/aromatic N) is 2. The number of aromatic nitrogens is 1. The Morgan fingerprint density at radius 1 is 0.885 bits per heavy atom. The fourth-order valence-electron chi connectivity index (χ4n) is 3.00. The van der Waals surface area contributed by atoms with E-state index in [-0.39, 0.29) is 0 Å². The van der Waals surface area contributed by atoms with E-state index in [9.17, 15) is 0 Å². The molecule has 4 heteroatoms. The van der Waals surface area contributed by atoms with Crippen molar-refractivity contribution in [2.45, 2.75) is 6.92 Å². The maximum absolute atomic E-state index is 5.65. The van der Waals surface area contributed by atoms with Crippen LogP contribution >= 0.6 is 0 Å². The van der Waals surface area contributed by atoms with E-state index in [0.29, 0.717) is 6.61 Å². The van der Waals surface area contributed by atoms with Gasteiger partial charge in [0.05, 0.1) is 29.5 Å². The number of pyridine rings is 1. The predicted molar refractivity (Wildman–Crippen MR) is 108 cm³/mol. The highest BCUT2D eigenvalue weighted by atomic mass is 16.5. The number of ether oxygens (including phenoxy) is 1. The molecular weight excluding hydrogens is 322 g/mol. The van der Waals surface area contributed by atoms with Crippen LogP contribution in [0.2, 0.25) is 0 Å². The summed E-state index contributed by atoms with van der Waals surface area (Å²) >= 11 is 0. The van der Waals surface area contributed by atoms with E-state index in [1.165, 1.54) is 0 Å². The lowest BCUT2D eigenvalue weighted by atomic mass is 10.1. The third kappa shape index (κ3) is 3.09. The molecule has 26 heavy (non-hydrogen) atoms. The molecule has 1 heterocycles. The summed E-state index contributed by atoms with van der Waals surface area (Å²) in [6.07, 6.45) is 1.79. The second-order valence-corrected chi connectivity index (χ2v) is 5.86. The Hall–Kier alpha value is -3.40. The largest absolute Gasteiger partial charge is 0.493 e. The van der Waals surface area contributed by atoms with Crippen molar-refractivity contribution in [3.05, 3.63) is 78.4 Å². The maximum Gasteiger partial charge on any atom is 0.128 e. The van der Waals surface area contributed by atoms with Gasteiger partial charge in [-0.2, -0.15) is 5.10 Å². The van der Waals surface area contributed by atoms with Crippen molar-refractivity contribution in [2.75, 3.05) is 12.0 Å². The molecule has 0 saturated heterocycles. The number of nitrogens with one attached hydrogen (secondary N) is 1. The normalized spacial score (nSPS) is 11.3. The zero-order valence-corrected chi connectivity index (χ0v) is 14.5. The molecule has 1 N–H and O–H groups in total. The smallest absolute Gasteiger partial charge is 0.128 e. The van der Waals surface area contributed by atoms with E-state index in [1.807, 2.05) is 67.6 Å². The average molecular weight is 341 g/mol. The summed E-state index contributed by atoms with van der Waals surface area (Å²) in [7, 11) is 0. The van der Waals surface area contributed by atoms with Crippen LogP contribution in [0.25, 0.3) is 21.8 Å². The standard InChI is InChI=1S/C22H19N3O/c1-2-26-21-14-8-3-9-16(21)15-23-25-22-17-10-4-6-12-19(17)24-20-13-7-5-11-18(20)22/h3-15H,2H2,1H3,(H,24,25). The summed E-state index contributed by atoms with van der Waals surface area (Å²) in [6, 6.07) is 24.0. The molecule has 1 aromatic heterocycles. The van der Waals surface area contributed by atoms with Gasteiger partial charge in [0.2, 0.25) is 0 Å². The van der Waals surface area contributed by atoms with Crippen molar-refractivity contribution in [3.8, 4) is 5.75 Å². The molecule has 3 aromatic carbocycles. The minimum absolute atomic E-state index is 0.623. The molecule has 0 aliphatic carbocycles. The van der Waals surface area contributed by atoms with Crippen LogP contribution in [0.15, 0.2) is 77.9 Å². The molecule has 128 valence electrons. The van der Waals surface area contributed by atoms with Gasteiger partial charge >= 0.3 is 0 Å². The first-order valence-electron chi connectivity index (χ1n) is 8.65. The van der Waals surface area contributed by atoms with E-state index < -0.39 is 0 Å². The highest BCUT2D eigenvalue weighted by molar-refractivity contribution is 6.07. The predicted octanol–water partition coefficient (Wildman–Crippen LogP) is 5.23. The molecule has 0 aliphatic rings. The van der Waals surface area contributed by atoms with Gasteiger partial charge in [-0.3, -0.25) is 5.43 Å². The number of fused-ring (bicyclic) bond motifs is 2. The molecule has 0 amide bonds. The van der Waals surface area contributed by atoms with Crippen molar-refractivity contribution in [1.29, 1.82) is 0 Å². The summed E-state index contributed by atoms with van der Waals surface area (Å²) in [6.45, 7) is 2.60. The first-order chi connectivity index (χ1) is 12.9. The van der Waals surface area contributed by atoms with Crippen LogP contribution in [0.3, 0.4) is 0 Å². The van der Waals surface area contributed by atoms with Crippen molar-refractivity contribution < 1.29 is 4.74 Å². The lowest BCUT2D eigenvalue weighted by Gasteiger charge is -2.10. The van der Waals surface area contributed by atoms with Crippen molar-refractivity contribution in [3.63, 3.8) is 0 Å². The van der Waals surface area contributed by atoms with Crippen molar-refractivity contribution >= 4 is 33.7 Å². The Balaban J connectivity index is 1.75. The molecule has 0 unspecified atom stereocenters. The molecule has 4 aromatic rings. The molecule has 0 spiro atoms. The average Bonchev–Trinajstić information content (AvgIpc) is 2.69. The minimum atomic E-state index is 0.623. The first kappa shape index (κ1) is 16.1. The molecule has 0 saturated carbocycles. The number of hydrazone groups is 1. The summed E-state index contributed by atoms with van der Waals surface area (Å²) in [4.78, 5) is 4.73. The van der Waals surface area contributed by atoms with E-state index >= 15 is 0 Å². The van der Waals surface area contributed by atoms with Gasteiger partial charge in [0.25, 0.3) is 0 Å². The third-order valence-electron chi connectivity index (χ3n) is 4.19. The van der Waals surface area contributed by atoms with Gasteiger partial charge < -0.3 is 4.74 Å². The number of hydrogen-bond acceptors (Lipinski definition) is 4. The summed E-state index contributed by atoms with van der Waals surface area (Å²) in [5.74, 6) is 0.824. The SMILES string of the molecule is CCOc1ccccc1C=NNc1c2ccccc2nc2ccccc12. The molecule has 0 fully saturated rings. The Morgan fingerprint density at radius 2 is 1.50 bits per heavy atom. The van der Waals surface area contributed by atoms with Crippen LogP contribution in [0.1, 0.15) is 12.5 Å². The topological polar surface area (TPSA) is 46.5 Å². The highest BCUT2D eigenvalue weighted by Gasteiger charge is 2.07. The molecule has 4 rings (SSSR count). The monoisotopic (exact) mass is 341 g/mol. The highest BCUT2D eigenvalue weighted by Crippen LogP contribution is 2.30. The van der Waals surface area contributed by atoms with Gasteiger partial charge in [0, 0.05) is 16.3 Å². The quantitative estimate of drug-likeness (QED) is 0.307. The maximum atomic E-state index is 5.65. The minimum Gasteiger partial charge on any atom is -0.493 e. The van der Waals surface area contributed by atoms with Crippen molar-refractivity contribution in [1.82, 2.24) is 4.98 Å². The molecule has 0 atom stereocenters. The van der Waals surface area contributed by atoms with Crippen LogP contribution in [0.5, 0.6) is 5.75 Å². The lowest BCUT2D eigenvalue weighted by Crippen LogP contribution is -1.98. The van der Waals surface area contributed by atoms with Crippen LogP contribution in [0.4, 0.5) is 5.69 Å². The fourth-order valence-corrected chi connectivity index (χ4v) is 3.00. The zero-order valence-electron chi connectivity index (χ0n) is 14.5. The Morgan fingerprint density at radius 3 is 2.19 bits per heavy atom. The lowest BCUT2D eigenvalue weighted by molar-refractivity contribution is 0.340. The Bertz CT molecular complexity index is 1030. The van der Waals surface area contributed by atoms with Crippen molar-refractivity contribution in [2.24, 2.45) is 5.10 Å². The van der Waals surface area contributed by atoms with Gasteiger partial charge in [-0.05, 0) is 31.2 Å².